The number of methoxy groups -OCH3 is 1. The molecule has 0 aliphatic heterocycles. The van der Waals surface area contributed by atoms with Gasteiger partial charge in [-0.3, -0.25) is 0 Å². The van der Waals surface area contributed by atoms with Crippen molar-refractivity contribution in [2.24, 2.45) is 5.73 Å². The fraction of sp³-hybridized carbons (Fsp3) is 0.455. The second-order valence-corrected chi connectivity index (χ2v) is 4.79. The predicted octanol–water partition coefficient (Wildman–Crippen LogP) is 2.96. The summed E-state index contributed by atoms with van der Waals surface area (Å²) in [4.78, 5) is 0. The van der Waals surface area contributed by atoms with Crippen LogP contribution in [0.5, 0.6) is 5.75 Å². The third kappa shape index (κ3) is 2.10. The van der Waals surface area contributed by atoms with E-state index in [-0.39, 0.29) is 5.54 Å². The number of nitrogens with two attached hydrogens (primary N) is 1. The van der Waals surface area contributed by atoms with Crippen molar-refractivity contribution < 1.29 is 4.74 Å². The molecule has 0 amide bonds. The van der Waals surface area contributed by atoms with E-state index in [0.29, 0.717) is 0 Å². The monoisotopic (exact) mass is 257 g/mol. The van der Waals surface area contributed by atoms with Crippen LogP contribution in [0.25, 0.3) is 0 Å². The van der Waals surface area contributed by atoms with Gasteiger partial charge in [-0.05, 0) is 47.8 Å². The number of aryl methyl sites for hydroxylation is 1. The molecule has 0 saturated carbocycles. The first-order valence-electron chi connectivity index (χ1n) is 4.50. The highest BCUT2D eigenvalue weighted by atomic mass is 79.9. The maximum atomic E-state index is 6.05. The molecule has 78 valence electrons. The largest absolute Gasteiger partial charge is 0.495 e. The van der Waals surface area contributed by atoms with Crippen LogP contribution in [0, 0.1) is 6.92 Å². The summed E-state index contributed by atoms with van der Waals surface area (Å²) >= 11 is 3.52. The maximum absolute atomic E-state index is 6.05. The Hall–Kier alpha value is -0.540. The Morgan fingerprint density at radius 2 is 1.93 bits per heavy atom. The van der Waals surface area contributed by atoms with Crippen molar-refractivity contribution in [1.29, 1.82) is 0 Å². The number of rotatable bonds is 2. The van der Waals surface area contributed by atoms with Crippen LogP contribution in [0.1, 0.15) is 25.0 Å². The molecule has 0 atom stereocenters. The highest BCUT2D eigenvalue weighted by Crippen LogP contribution is 2.36. The molecule has 0 bridgehead atoms. The Balaban J connectivity index is 3.36. The Morgan fingerprint density at radius 1 is 1.36 bits per heavy atom. The predicted molar refractivity (Wildman–Crippen MR) is 62.6 cm³/mol. The molecule has 0 spiro atoms. The summed E-state index contributed by atoms with van der Waals surface area (Å²) in [5.74, 6) is 0.862. The van der Waals surface area contributed by atoms with Crippen LogP contribution >= 0.6 is 15.9 Å². The van der Waals surface area contributed by atoms with Crippen molar-refractivity contribution >= 4 is 15.9 Å². The van der Waals surface area contributed by atoms with E-state index in [0.717, 1.165) is 21.3 Å². The molecular weight excluding hydrogens is 242 g/mol. The van der Waals surface area contributed by atoms with Gasteiger partial charge < -0.3 is 10.5 Å². The third-order valence-corrected chi connectivity index (χ3v) is 2.98. The van der Waals surface area contributed by atoms with Gasteiger partial charge in [0, 0.05) is 5.54 Å². The molecule has 0 radical (unpaired) electrons. The molecule has 2 nitrogen and oxygen atoms in total. The standard InChI is InChI=1S/C11H16BrNO/c1-7-5-6-8(11(2,3)13)9(12)10(7)14-4/h5-6H,13H2,1-4H3. The zero-order valence-corrected chi connectivity index (χ0v) is 10.6. The molecule has 3 heteroatoms. The number of hydrogen-bond acceptors (Lipinski definition) is 2. The molecule has 0 unspecified atom stereocenters. The highest BCUT2D eigenvalue weighted by Gasteiger charge is 2.20. The van der Waals surface area contributed by atoms with Crippen molar-refractivity contribution in [3.8, 4) is 5.75 Å². The van der Waals surface area contributed by atoms with Crippen LogP contribution in [0.15, 0.2) is 16.6 Å². The van der Waals surface area contributed by atoms with Crippen molar-refractivity contribution in [3.63, 3.8) is 0 Å². The summed E-state index contributed by atoms with van der Waals surface area (Å²) in [6.45, 7) is 5.96. The van der Waals surface area contributed by atoms with Gasteiger partial charge in [0.15, 0.2) is 0 Å². The molecule has 1 aromatic rings. The molecule has 1 rings (SSSR count). The van der Waals surface area contributed by atoms with Crippen molar-refractivity contribution in [2.45, 2.75) is 26.3 Å². The van der Waals surface area contributed by atoms with E-state index in [4.69, 9.17) is 10.5 Å². The molecule has 0 heterocycles. The lowest BCUT2D eigenvalue weighted by Gasteiger charge is -2.22. The van der Waals surface area contributed by atoms with Gasteiger partial charge in [0.25, 0.3) is 0 Å². The molecule has 0 fully saturated rings. The van der Waals surface area contributed by atoms with Crippen LogP contribution in [0.3, 0.4) is 0 Å². The van der Waals surface area contributed by atoms with E-state index in [2.05, 4.69) is 15.9 Å². The molecular formula is C11H16BrNO. The lowest BCUT2D eigenvalue weighted by atomic mass is 9.94. The first-order valence-corrected chi connectivity index (χ1v) is 5.29. The molecule has 0 aromatic heterocycles. The van der Waals surface area contributed by atoms with Crippen LogP contribution in [0.4, 0.5) is 0 Å². The molecule has 0 aliphatic rings. The van der Waals surface area contributed by atoms with Gasteiger partial charge >= 0.3 is 0 Å². The quantitative estimate of drug-likeness (QED) is 0.885. The van der Waals surface area contributed by atoms with Gasteiger partial charge in [-0.25, -0.2) is 0 Å². The van der Waals surface area contributed by atoms with Gasteiger partial charge in [-0.15, -0.1) is 0 Å². The zero-order valence-electron chi connectivity index (χ0n) is 9.02. The first-order chi connectivity index (χ1) is 6.38. The van der Waals surface area contributed by atoms with Gasteiger partial charge in [0.1, 0.15) is 5.75 Å². The number of benzene rings is 1. The van der Waals surface area contributed by atoms with E-state index < -0.39 is 0 Å². The average molecular weight is 258 g/mol. The highest BCUT2D eigenvalue weighted by molar-refractivity contribution is 9.10. The lowest BCUT2D eigenvalue weighted by Crippen LogP contribution is -2.29. The van der Waals surface area contributed by atoms with E-state index >= 15 is 0 Å². The van der Waals surface area contributed by atoms with Crippen LogP contribution in [-0.4, -0.2) is 7.11 Å². The molecule has 0 aliphatic carbocycles. The minimum absolute atomic E-state index is 0.361. The van der Waals surface area contributed by atoms with Crippen LogP contribution in [0.2, 0.25) is 0 Å². The summed E-state index contributed by atoms with van der Waals surface area (Å²) in [7, 11) is 1.67. The average Bonchev–Trinajstić information content (AvgIpc) is 2.02. The lowest BCUT2D eigenvalue weighted by molar-refractivity contribution is 0.406. The summed E-state index contributed by atoms with van der Waals surface area (Å²) in [6.07, 6.45) is 0. The first kappa shape index (κ1) is 11.5. The topological polar surface area (TPSA) is 35.2 Å². The van der Waals surface area contributed by atoms with Crippen LogP contribution in [-0.2, 0) is 5.54 Å². The van der Waals surface area contributed by atoms with Gasteiger partial charge in [-0.2, -0.15) is 0 Å². The zero-order chi connectivity index (χ0) is 10.9. The fourth-order valence-electron chi connectivity index (χ4n) is 1.40. The van der Waals surface area contributed by atoms with Gasteiger partial charge in [-0.1, -0.05) is 12.1 Å². The molecule has 2 N–H and O–H groups in total. The Labute approximate surface area is 93.6 Å². The minimum Gasteiger partial charge on any atom is -0.495 e. The van der Waals surface area contributed by atoms with E-state index in [1.807, 2.05) is 32.9 Å². The summed E-state index contributed by atoms with van der Waals surface area (Å²) in [5.41, 5.74) is 7.84. The van der Waals surface area contributed by atoms with Crippen molar-refractivity contribution in [1.82, 2.24) is 0 Å². The second kappa shape index (κ2) is 3.91. The number of halogens is 1. The minimum atomic E-state index is -0.361. The van der Waals surface area contributed by atoms with E-state index in [1.54, 1.807) is 7.11 Å². The van der Waals surface area contributed by atoms with Crippen molar-refractivity contribution in [2.75, 3.05) is 7.11 Å². The summed E-state index contributed by atoms with van der Waals surface area (Å²) in [6, 6.07) is 4.05. The SMILES string of the molecule is COc1c(C)ccc(C(C)(C)N)c1Br. The Morgan fingerprint density at radius 3 is 2.36 bits per heavy atom. The fourth-order valence-corrected chi connectivity index (χ4v) is 2.52. The normalized spacial score (nSPS) is 11.6. The smallest absolute Gasteiger partial charge is 0.136 e. The third-order valence-electron chi connectivity index (χ3n) is 2.19. The Bertz CT molecular complexity index is 342. The number of ether oxygens (including phenoxy) is 1. The van der Waals surface area contributed by atoms with Crippen LogP contribution < -0.4 is 10.5 Å². The van der Waals surface area contributed by atoms with Gasteiger partial charge in [0.2, 0.25) is 0 Å². The van der Waals surface area contributed by atoms with Crippen molar-refractivity contribution in [3.05, 3.63) is 27.7 Å². The summed E-state index contributed by atoms with van der Waals surface area (Å²) in [5, 5.41) is 0. The van der Waals surface area contributed by atoms with E-state index in [1.165, 1.54) is 0 Å². The molecule has 0 saturated heterocycles. The molecule has 1 aromatic carbocycles. The van der Waals surface area contributed by atoms with E-state index in [9.17, 15) is 0 Å². The molecule has 14 heavy (non-hydrogen) atoms. The Kier molecular flexibility index (Phi) is 3.22. The van der Waals surface area contributed by atoms with Gasteiger partial charge in [0.05, 0.1) is 11.6 Å². The number of hydrogen-bond donors (Lipinski definition) is 1. The second-order valence-electron chi connectivity index (χ2n) is 4.00. The maximum Gasteiger partial charge on any atom is 0.136 e. The summed E-state index contributed by atoms with van der Waals surface area (Å²) < 4.78 is 6.26.